The van der Waals surface area contributed by atoms with Crippen LogP contribution in [0.25, 0.3) is 0 Å². The summed E-state index contributed by atoms with van der Waals surface area (Å²) in [5, 5.41) is 0. The van der Waals surface area contributed by atoms with Gasteiger partial charge in [0.05, 0.1) is 21.3 Å². The average molecular weight is 416 g/mol. The highest BCUT2D eigenvalue weighted by Crippen LogP contribution is 2.51. The van der Waals surface area contributed by atoms with E-state index in [2.05, 4.69) is 0 Å². The van der Waals surface area contributed by atoms with Crippen molar-refractivity contribution in [1.82, 2.24) is 0 Å². The molecule has 0 radical (unpaired) electrons. The Balaban J connectivity index is 1.88. The molecule has 30 heavy (non-hydrogen) atoms. The van der Waals surface area contributed by atoms with Crippen molar-refractivity contribution in [3.8, 4) is 34.5 Å². The largest absolute Gasteiger partial charge is 0.493 e. The number of hydrogen-bond acceptors (Lipinski definition) is 8. The highest BCUT2D eigenvalue weighted by Gasteiger charge is 2.40. The minimum atomic E-state index is -0.764. The zero-order chi connectivity index (χ0) is 21.4. The molecular weight excluding hydrogens is 392 g/mol. The smallest absolute Gasteiger partial charge is 0.305 e. The Bertz CT molecular complexity index is 945. The lowest BCUT2D eigenvalue weighted by Crippen LogP contribution is -2.38. The van der Waals surface area contributed by atoms with Gasteiger partial charge in [-0.25, -0.2) is 0 Å². The van der Waals surface area contributed by atoms with Crippen LogP contribution < -0.4 is 28.4 Å². The summed E-state index contributed by atoms with van der Waals surface area (Å²) in [7, 11) is 4.70. The van der Waals surface area contributed by atoms with Gasteiger partial charge < -0.3 is 33.2 Å². The van der Waals surface area contributed by atoms with Crippen LogP contribution >= 0.6 is 0 Å². The van der Waals surface area contributed by atoms with E-state index < -0.39 is 12.3 Å². The first-order valence-corrected chi connectivity index (χ1v) is 9.54. The fourth-order valence-corrected chi connectivity index (χ4v) is 4.02. The average Bonchev–Trinajstić information content (AvgIpc) is 3.18. The van der Waals surface area contributed by atoms with Gasteiger partial charge in [-0.15, -0.1) is 0 Å². The monoisotopic (exact) mass is 416 g/mol. The quantitative estimate of drug-likeness (QED) is 0.685. The van der Waals surface area contributed by atoms with Gasteiger partial charge in [-0.1, -0.05) is 6.92 Å². The van der Waals surface area contributed by atoms with Crippen molar-refractivity contribution in [3.05, 3.63) is 35.4 Å². The van der Waals surface area contributed by atoms with Crippen LogP contribution in [0.2, 0.25) is 0 Å². The predicted molar refractivity (Wildman–Crippen MR) is 106 cm³/mol. The lowest BCUT2D eigenvalue weighted by molar-refractivity contribution is -0.171. The van der Waals surface area contributed by atoms with Crippen LogP contribution in [-0.2, 0) is 9.53 Å². The second kappa shape index (κ2) is 7.85. The highest BCUT2D eigenvalue weighted by atomic mass is 16.7. The standard InChI is InChI=1S/C22H24O8/c1-11-20(13-6-18(24-3)21(26-5)19(7-13)25-4)14-8-16-17(28-10-27-16)9-15(14)30-22(11)29-12(2)23/h6-9,11,20,22H,10H2,1-5H3/t11-,20+,22-/m0/s1. The summed E-state index contributed by atoms with van der Waals surface area (Å²) in [5.74, 6) is 2.58. The van der Waals surface area contributed by atoms with Gasteiger partial charge in [0.1, 0.15) is 5.75 Å². The van der Waals surface area contributed by atoms with E-state index in [1.807, 2.05) is 25.1 Å². The molecule has 3 atom stereocenters. The molecule has 160 valence electrons. The molecule has 0 aliphatic carbocycles. The first-order valence-electron chi connectivity index (χ1n) is 9.54. The molecule has 0 spiro atoms. The molecule has 8 nitrogen and oxygen atoms in total. The topological polar surface area (TPSA) is 81.7 Å². The minimum Gasteiger partial charge on any atom is -0.493 e. The Hall–Kier alpha value is -3.29. The third kappa shape index (κ3) is 3.32. The molecule has 0 bridgehead atoms. The molecule has 2 aliphatic rings. The fraction of sp³-hybridized carbons (Fsp3) is 0.409. The molecular formula is C22H24O8. The molecule has 2 heterocycles. The molecule has 2 aromatic carbocycles. The normalized spacial score (nSPS) is 21.3. The van der Waals surface area contributed by atoms with E-state index in [0.717, 1.165) is 11.1 Å². The van der Waals surface area contributed by atoms with Crippen molar-refractivity contribution >= 4 is 5.97 Å². The summed E-state index contributed by atoms with van der Waals surface area (Å²) in [6.45, 7) is 3.48. The number of carbonyl (C=O) groups is 1. The van der Waals surface area contributed by atoms with Crippen molar-refractivity contribution in [1.29, 1.82) is 0 Å². The molecule has 8 heteroatoms. The van der Waals surface area contributed by atoms with Crippen molar-refractivity contribution < 1.29 is 38.0 Å². The third-order valence-electron chi connectivity index (χ3n) is 5.37. The van der Waals surface area contributed by atoms with Crippen molar-refractivity contribution in [2.24, 2.45) is 5.92 Å². The van der Waals surface area contributed by atoms with Gasteiger partial charge in [-0.3, -0.25) is 4.79 Å². The van der Waals surface area contributed by atoms with E-state index in [1.54, 1.807) is 27.4 Å². The van der Waals surface area contributed by atoms with E-state index in [0.29, 0.717) is 34.5 Å². The van der Waals surface area contributed by atoms with E-state index in [-0.39, 0.29) is 18.6 Å². The molecule has 0 aromatic heterocycles. The van der Waals surface area contributed by atoms with Gasteiger partial charge >= 0.3 is 5.97 Å². The molecule has 2 aromatic rings. The summed E-state index contributed by atoms with van der Waals surface area (Å²) in [6, 6.07) is 7.47. The molecule has 0 unspecified atom stereocenters. The van der Waals surface area contributed by atoms with Crippen LogP contribution in [0.4, 0.5) is 0 Å². The van der Waals surface area contributed by atoms with Crippen LogP contribution in [0.3, 0.4) is 0 Å². The molecule has 2 aliphatic heterocycles. The van der Waals surface area contributed by atoms with Crippen LogP contribution in [0.1, 0.15) is 30.9 Å². The van der Waals surface area contributed by atoms with Crippen LogP contribution in [-0.4, -0.2) is 40.4 Å². The van der Waals surface area contributed by atoms with Gasteiger partial charge in [0.15, 0.2) is 23.0 Å². The maximum Gasteiger partial charge on any atom is 0.305 e. The predicted octanol–water partition coefficient (Wildman–Crippen LogP) is 3.49. The van der Waals surface area contributed by atoms with E-state index in [9.17, 15) is 4.79 Å². The number of methoxy groups -OCH3 is 3. The van der Waals surface area contributed by atoms with Crippen LogP contribution in [0, 0.1) is 5.92 Å². The number of fused-ring (bicyclic) bond motifs is 2. The van der Waals surface area contributed by atoms with Gasteiger partial charge in [-0.05, 0) is 23.8 Å². The summed E-state index contributed by atoms with van der Waals surface area (Å²) in [5.41, 5.74) is 1.79. The molecule has 0 amide bonds. The van der Waals surface area contributed by atoms with Crippen molar-refractivity contribution in [2.75, 3.05) is 28.1 Å². The van der Waals surface area contributed by atoms with E-state index >= 15 is 0 Å². The Morgan fingerprint density at radius 3 is 2.13 bits per heavy atom. The lowest BCUT2D eigenvalue weighted by Gasteiger charge is -2.37. The van der Waals surface area contributed by atoms with Crippen molar-refractivity contribution in [2.45, 2.75) is 26.1 Å². The molecule has 0 saturated heterocycles. The highest BCUT2D eigenvalue weighted by molar-refractivity contribution is 5.66. The van der Waals surface area contributed by atoms with Gasteiger partial charge in [-0.2, -0.15) is 0 Å². The summed E-state index contributed by atoms with van der Waals surface area (Å²) in [6.07, 6.45) is -0.764. The second-order valence-electron chi connectivity index (χ2n) is 7.13. The van der Waals surface area contributed by atoms with E-state index in [4.69, 9.17) is 33.2 Å². The van der Waals surface area contributed by atoms with E-state index in [1.165, 1.54) is 6.92 Å². The molecule has 0 N–H and O–H groups in total. The minimum absolute atomic E-state index is 0.149. The summed E-state index contributed by atoms with van der Waals surface area (Å²) < 4.78 is 39.1. The summed E-state index contributed by atoms with van der Waals surface area (Å²) in [4.78, 5) is 11.7. The SMILES string of the molecule is COc1cc([C@@H]2c3cc4c(cc3O[C@H](OC(C)=O)[C@H]2C)OCO4)cc(OC)c1OC. The van der Waals surface area contributed by atoms with Gasteiger partial charge in [0.25, 0.3) is 0 Å². The van der Waals surface area contributed by atoms with Crippen LogP contribution in [0.15, 0.2) is 24.3 Å². The zero-order valence-corrected chi connectivity index (χ0v) is 17.5. The molecule has 4 rings (SSSR count). The maximum absolute atomic E-state index is 11.7. The third-order valence-corrected chi connectivity index (χ3v) is 5.37. The molecule has 0 fully saturated rings. The van der Waals surface area contributed by atoms with Crippen molar-refractivity contribution in [3.63, 3.8) is 0 Å². The Labute approximate surface area is 174 Å². The first-order chi connectivity index (χ1) is 14.5. The number of esters is 1. The Kier molecular flexibility index (Phi) is 5.24. The Morgan fingerprint density at radius 1 is 0.933 bits per heavy atom. The first kappa shape index (κ1) is 20.0. The van der Waals surface area contributed by atoms with Crippen LogP contribution in [0.5, 0.6) is 34.5 Å². The lowest BCUT2D eigenvalue weighted by atomic mass is 9.78. The van der Waals surface area contributed by atoms with Gasteiger partial charge in [0, 0.05) is 30.4 Å². The fourth-order valence-electron chi connectivity index (χ4n) is 4.02. The zero-order valence-electron chi connectivity index (χ0n) is 17.5. The number of ether oxygens (including phenoxy) is 7. The van der Waals surface area contributed by atoms with Gasteiger partial charge in [0.2, 0.25) is 18.8 Å². The number of hydrogen-bond donors (Lipinski definition) is 0. The maximum atomic E-state index is 11.7. The second-order valence-corrected chi connectivity index (χ2v) is 7.13. The number of carbonyl (C=O) groups excluding carboxylic acids is 1. The Morgan fingerprint density at radius 2 is 1.57 bits per heavy atom. The molecule has 0 saturated carbocycles. The number of rotatable bonds is 5. The summed E-state index contributed by atoms with van der Waals surface area (Å²) >= 11 is 0. The number of benzene rings is 2.